The minimum absolute atomic E-state index is 0.253. The Balaban J connectivity index is 2.07. The standard InChI is InChI=1S/C14H17F2NO2/c1-9-2-4-11(14(18)19)8-17(9)7-10-3-5-12(15)13(16)6-10/h3,5-6,9,11H,2,4,7-8H2,1H3,(H,18,19). The number of carboxylic acid groups (broad SMARTS) is 1. The maximum atomic E-state index is 13.1. The molecule has 0 aromatic heterocycles. The molecule has 1 fully saturated rings. The molecular formula is C14H17F2NO2. The molecule has 2 atom stereocenters. The van der Waals surface area contributed by atoms with Crippen LogP contribution in [0, 0.1) is 17.6 Å². The number of piperidine rings is 1. The SMILES string of the molecule is CC1CCC(C(=O)O)CN1Cc1ccc(F)c(F)c1. The number of likely N-dealkylation sites (tertiary alicyclic amines) is 1. The summed E-state index contributed by atoms with van der Waals surface area (Å²) in [4.78, 5) is 13.0. The molecule has 1 aliphatic rings. The Morgan fingerprint density at radius 2 is 2.11 bits per heavy atom. The van der Waals surface area contributed by atoms with Crippen molar-refractivity contribution in [1.82, 2.24) is 4.90 Å². The van der Waals surface area contributed by atoms with E-state index in [1.54, 1.807) is 0 Å². The quantitative estimate of drug-likeness (QED) is 0.917. The van der Waals surface area contributed by atoms with Crippen LogP contribution in [0.2, 0.25) is 0 Å². The fourth-order valence-electron chi connectivity index (χ4n) is 2.47. The molecule has 5 heteroatoms. The van der Waals surface area contributed by atoms with Crippen LogP contribution in [0.5, 0.6) is 0 Å². The van der Waals surface area contributed by atoms with Gasteiger partial charge in [-0.1, -0.05) is 6.07 Å². The van der Waals surface area contributed by atoms with Crippen LogP contribution in [0.4, 0.5) is 8.78 Å². The van der Waals surface area contributed by atoms with Crippen LogP contribution in [-0.4, -0.2) is 28.6 Å². The van der Waals surface area contributed by atoms with Crippen molar-refractivity contribution >= 4 is 5.97 Å². The molecule has 1 aromatic carbocycles. The van der Waals surface area contributed by atoms with Gasteiger partial charge in [0.15, 0.2) is 11.6 Å². The summed E-state index contributed by atoms with van der Waals surface area (Å²) < 4.78 is 26.0. The fourth-order valence-corrected chi connectivity index (χ4v) is 2.47. The number of aliphatic carboxylic acids is 1. The molecule has 0 saturated carbocycles. The van der Waals surface area contributed by atoms with E-state index in [0.29, 0.717) is 25.1 Å². The number of carboxylic acids is 1. The van der Waals surface area contributed by atoms with Gasteiger partial charge < -0.3 is 5.11 Å². The average molecular weight is 269 g/mol. The molecule has 0 spiro atoms. The first-order valence-electron chi connectivity index (χ1n) is 6.38. The van der Waals surface area contributed by atoms with Crippen LogP contribution >= 0.6 is 0 Å². The molecule has 0 amide bonds. The minimum Gasteiger partial charge on any atom is -0.481 e. The van der Waals surface area contributed by atoms with E-state index in [4.69, 9.17) is 5.11 Å². The predicted octanol–water partition coefficient (Wildman–Crippen LogP) is 2.65. The van der Waals surface area contributed by atoms with E-state index in [-0.39, 0.29) is 12.0 Å². The number of hydrogen-bond acceptors (Lipinski definition) is 2. The molecule has 2 unspecified atom stereocenters. The highest BCUT2D eigenvalue weighted by Crippen LogP contribution is 2.24. The second-order valence-electron chi connectivity index (χ2n) is 5.14. The van der Waals surface area contributed by atoms with E-state index in [0.717, 1.165) is 12.5 Å². The molecule has 1 aliphatic heterocycles. The zero-order valence-electron chi connectivity index (χ0n) is 10.8. The maximum absolute atomic E-state index is 13.1. The van der Waals surface area contributed by atoms with E-state index in [2.05, 4.69) is 0 Å². The molecule has 104 valence electrons. The lowest BCUT2D eigenvalue weighted by atomic mass is 9.93. The van der Waals surface area contributed by atoms with Gasteiger partial charge in [0.05, 0.1) is 5.92 Å². The highest BCUT2D eigenvalue weighted by Gasteiger charge is 2.29. The van der Waals surface area contributed by atoms with Crippen molar-refractivity contribution in [3.63, 3.8) is 0 Å². The molecule has 0 radical (unpaired) electrons. The van der Waals surface area contributed by atoms with Gasteiger partial charge in [-0.05, 0) is 37.5 Å². The van der Waals surface area contributed by atoms with Crippen molar-refractivity contribution in [3.8, 4) is 0 Å². The Bertz CT molecular complexity index is 479. The number of nitrogens with zero attached hydrogens (tertiary/aromatic N) is 1. The topological polar surface area (TPSA) is 40.5 Å². The summed E-state index contributed by atoms with van der Waals surface area (Å²) >= 11 is 0. The Morgan fingerprint density at radius 1 is 1.37 bits per heavy atom. The first-order valence-corrected chi connectivity index (χ1v) is 6.38. The summed E-state index contributed by atoms with van der Waals surface area (Å²) in [5, 5.41) is 9.05. The normalized spacial score (nSPS) is 24.4. The number of benzene rings is 1. The first kappa shape index (κ1) is 13.9. The van der Waals surface area contributed by atoms with Gasteiger partial charge in [0.25, 0.3) is 0 Å². The van der Waals surface area contributed by atoms with Gasteiger partial charge >= 0.3 is 5.97 Å². The van der Waals surface area contributed by atoms with Crippen molar-refractivity contribution < 1.29 is 18.7 Å². The van der Waals surface area contributed by atoms with Crippen LogP contribution in [-0.2, 0) is 11.3 Å². The molecule has 1 heterocycles. The van der Waals surface area contributed by atoms with Crippen LogP contribution < -0.4 is 0 Å². The second kappa shape index (κ2) is 5.65. The molecule has 1 aromatic rings. The van der Waals surface area contributed by atoms with E-state index in [1.807, 2.05) is 11.8 Å². The van der Waals surface area contributed by atoms with Crippen LogP contribution in [0.3, 0.4) is 0 Å². The third-order valence-electron chi connectivity index (χ3n) is 3.73. The molecule has 0 aliphatic carbocycles. The maximum Gasteiger partial charge on any atom is 0.307 e. The zero-order valence-corrected chi connectivity index (χ0v) is 10.8. The summed E-state index contributed by atoms with van der Waals surface area (Å²) in [5.74, 6) is -2.89. The molecule has 0 bridgehead atoms. The van der Waals surface area contributed by atoms with Crippen LogP contribution in [0.25, 0.3) is 0 Å². The van der Waals surface area contributed by atoms with Crippen molar-refractivity contribution in [2.24, 2.45) is 5.92 Å². The highest BCUT2D eigenvalue weighted by molar-refractivity contribution is 5.70. The van der Waals surface area contributed by atoms with Crippen molar-refractivity contribution in [2.75, 3.05) is 6.54 Å². The van der Waals surface area contributed by atoms with E-state index < -0.39 is 17.6 Å². The summed E-state index contributed by atoms with van der Waals surface area (Å²) in [5.41, 5.74) is 0.664. The van der Waals surface area contributed by atoms with E-state index >= 15 is 0 Å². The van der Waals surface area contributed by atoms with Gasteiger partial charge in [-0.15, -0.1) is 0 Å². The van der Waals surface area contributed by atoms with Crippen molar-refractivity contribution in [2.45, 2.75) is 32.4 Å². The smallest absolute Gasteiger partial charge is 0.307 e. The average Bonchev–Trinajstić information content (AvgIpc) is 2.36. The summed E-state index contributed by atoms with van der Waals surface area (Å²) in [6.07, 6.45) is 1.48. The molecule has 19 heavy (non-hydrogen) atoms. The molecule has 1 N–H and O–H groups in total. The molecule has 3 nitrogen and oxygen atoms in total. The predicted molar refractivity (Wildman–Crippen MR) is 66.6 cm³/mol. The van der Waals surface area contributed by atoms with E-state index in [9.17, 15) is 13.6 Å². The summed E-state index contributed by atoms with van der Waals surface area (Å²) in [6.45, 7) is 2.93. The lowest BCUT2D eigenvalue weighted by Crippen LogP contribution is -2.43. The molecule has 1 saturated heterocycles. The van der Waals surface area contributed by atoms with E-state index in [1.165, 1.54) is 12.1 Å². The minimum atomic E-state index is -0.864. The molecule has 2 rings (SSSR count). The Kier molecular flexibility index (Phi) is 4.14. The number of hydrogen-bond donors (Lipinski definition) is 1. The monoisotopic (exact) mass is 269 g/mol. The van der Waals surface area contributed by atoms with Gasteiger partial charge in [0, 0.05) is 19.1 Å². The lowest BCUT2D eigenvalue weighted by molar-refractivity contribution is -0.144. The van der Waals surface area contributed by atoms with Crippen LogP contribution in [0.15, 0.2) is 18.2 Å². The highest BCUT2D eigenvalue weighted by atomic mass is 19.2. The van der Waals surface area contributed by atoms with Crippen molar-refractivity contribution in [1.29, 1.82) is 0 Å². The third kappa shape index (κ3) is 3.29. The zero-order chi connectivity index (χ0) is 14.0. The van der Waals surface area contributed by atoms with Gasteiger partial charge in [-0.25, -0.2) is 8.78 Å². The first-order chi connectivity index (χ1) is 8.97. The molecular weight excluding hydrogens is 252 g/mol. The summed E-state index contributed by atoms with van der Waals surface area (Å²) in [6, 6.07) is 4.07. The Labute approximate surface area is 110 Å². The van der Waals surface area contributed by atoms with Gasteiger partial charge in [-0.2, -0.15) is 0 Å². The summed E-state index contributed by atoms with van der Waals surface area (Å²) in [7, 11) is 0. The van der Waals surface area contributed by atoms with Crippen molar-refractivity contribution in [3.05, 3.63) is 35.4 Å². The fraction of sp³-hybridized carbons (Fsp3) is 0.500. The largest absolute Gasteiger partial charge is 0.481 e. The second-order valence-corrected chi connectivity index (χ2v) is 5.14. The van der Waals surface area contributed by atoms with Gasteiger partial charge in [0.1, 0.15) is 0 Å². The number of halogens is 2. The van der Waals surface area contributed by atoms with Gasteiger partial charge in [-0.3, -0.25) is 9.69 Å². The third-order valence-corrected chi connectivity index (χ3v) is 3.73. The number of carbonyl (C=O) groups is 1. The Morgan fingerprint density at radius 3 is 2.74 bits per heavy atom. The Hall–Kier alpha value is -1.49. The van der Waals surface area contributed by atoms with Gasteiger partial charge in [0.2, 0.25) is 0 Å². The number of rotatable bonds is 3. The van der Waals surface area contributed by atoms with Crippen LogP contribution in [0.1, 0.15) is 25.3 Å². The lowest BCUT2D eigenvalue weighted by Gasteiger charge is -2.36.